The summed E-state index contributed by atoms with van der Waals surface area (Å²) in [6.07, 6.45) is -3.73. The highest BCUT2D eigenvalue weighted by atomic mass is 19.4. The normalized spacial score (nSPS) is 13.9. The number of aromatic amines is 1. The second-order valence-corrected chi connectivity index (χ2v) is 7.27. The quantitative estimate of drug-likeness (QED) is 0.654. The fourth-order valence-electron chi connectivity index (χ4n) is 3.77. The molecule has 156 valence electrons. The van der Waals surface area contributed by atoms with Gasteiger partial charge in [0.15, 0.2) is 0 Å². The van der Waals surface area contributed by atoms with Crippen LogP contribution >= 0.6 is 0 Å². The molecule has 2 heterocycles. The van der Waals surface area contributed by atoms with E-state index in [4.69, 9.17) is 4.74 Å². The van der Waals surface area contributed by atoms with Crippen molar-refractivity contribution < 1.29 is 27.5 Å². The first kappa shape index (κ1) is 20.0. The number of halogens is 3. The number of nitrogens with zero attached hydrogens (tertiary/aromatic N) is 1. The van der Waals surface area contributed by atoms with Gasteiger partial charge in [0, 0.05) is 41.7 Å². The van der Waals surface area contributed by atoms with E-state index in [1.807, 2.05) is 6.07 Å². The number of nitrogens with one attached hydrogen (secondary N) is 1. The number of carbonyl (C=O) groups excluding carboxylic acids is 2. The molecule has 0 saturated heterocycles. The van der Waals surface area contributed by atoms with Gasteiger partial charge in [-0.15, -0.1) is 0 Å². The molecule has 0 saturated carbocycles. The fourth-order valence-corrected chi connectivity index (χ4v) is 3.77. The molecule has 1 aliphatic rings. The molecule has 1 aliphatic heterocycles. The first-order valence-corrected chi connectivity index (χ1v) is 9.42. The summed E-state index contributed by atoms with van der Waals surface area (Å²) in [4.78, 5) is 29.6. The number of aromatic nitrogens is 1. The van der Waals surface area contributed by atoms with Gasteiger partial charge in [-0.25, -0.2) is 4.79 Å². The summed E-state index contributed by atoms with van der Waals surface area (Å²) >= 11 is 0. The van der Waals surface area contributed by atoms with E-state index in [1.54, 1.807) is 17.0 Å². The van der Waals surface area contributed by atoms with Crippen LogP contribution in [0, 0.1) is 0 Å². The van der Waals surface area contributed by atoms with Crippen LogP contribution in [0.25, 0.3) is 10.9 Å². The number of fused-ring (bicyclic) bond motifs is 3. The Morgan fingerprint density at radius 1 is 1.13 bits per heavy atom. The number of benzene rings is 2. The van der Waals surface area contributed by atoms with Crippen molar-refractivity contribution in [3.63, 3.8) is 0 Å². The number of methoxy groups -OCH3 is 1. The molecule has 4 rings (SSSR count). The minimum absolute atomic E-state index is 0.0310. The number of rotatable bonds is 3. The molecule has 0 atom stereocenters. The van der Waals surface area contributed by atoms with Crippen LogP contribution in [0.3, 0.4) is 0 Å². The summed E-state index contributed by atoms with van der Waals surface area (Å²) in [6.45, 7) is 0.891. The van der Waals surface area contributed by atoms with Crippen molar-refractivity contribution in [1.29, 1.82) is 0 Å². The van der Waals surface area contributed by atoms with E-state index in [9.17, 15) is 22.8 Å². The number of esters is 1. The molecule has 0 fully saturated rings. The van der Waals surface area contributed by atoms with Gasteiger partial charge >= 0.3 is 12.1 Å². The Morgan fingerprint density at radius 2 is 1.87 bits per heavy atom. The average Bonchev–Trinajstić information content (AvgIpc) is 3.10. The molecule has 0 bridgehead atoms. The highest BCUT2D eigenvalue weighted by Gasteiger charge is 2.30. The average molecular weight is 416 g/mol. The van der Waals surface area contributed by atoms with Gasteiger partial charge in [0.05, 0.1) is 24.7 Å². The molecule has 3 aromatic rings. The number of alkyl halides is 3. The Labute approximate surface area is 170 Å². The summed E-state index contributed by atoms with van der Waals surface area (Å²) in [6, 6.07) is 9.91. The van der Waals surface area contributed by atoms with Gasteiger partial charge in [0.25, 0.3) is 0 Å². The third-order valence-electron chi connectivity index (χ3n) is 5.39. The third-order valence-corrected chi connectivity index (χ3v) is 5.39. The van der Waals surface area contributed by atoms with E-state index >= 15 is 0 Å². The van der Waals surface area contributed by atoms with Gasteiger partial charge in [-0.3, -0.25) is 4.79 Å². The Kier molecular flexibility index (Phi) is 5.01. The van der Waals surface area contributed by atoms with Crippen molar-refractivity contribution in [2.45, 2.75) is 25.6 Å². The molecular formula is C22H19F3N2O3. The second-order valence-electron chi connectivity index (χ2n) is 7.27. The van der Waals surface area contributed by atoms with Gasteiger partial charge in [-0.2, -0.15) is 13.2 Å². The third kappa shape index (κ3) is 3.77. The van der Waals surface area contributed by atoms with Crippen LogP contribution in [0.2, 0.25) is 0 Å². The summed E-state index contributed by atoms with van der Waals surface area (Å²) in [7, 11) is 1.32. The molecule has 1 amide bonds. The van der Waals surface area contributed by atoms with Gasteiger partial charge in [-0.1, -0.05) is 12.1 Å². The lowest BCUT2D eigenvalue weighted by molar-refractivity contribution is -0.137. The Balaban J connectivity index is 1.53. The number of H-pyrrole nitrogens is 1. The van der Waals surface area contributed by atoms with Crippen molar-refractivity contribution in [2.75, 3.05) is 13.7 Å². The zero-order chi connectivity index (χ0) is 21.5. The summed E-state index contributed by atoms with van der Waals surface area (Å²) in [5.41, 5.74) is 3.07. The zero-order valence-corrected chi connectivity index (χ0v) is 16.2. The van der Waals surface area contributed by atoms with Crippen molar-refractivity contribution in [1.82, 2.24) is 9.88 Å². The SMILES string of the molecule is COC(=O)c1ccc2[nH]c3c(c2c1)CN(C(=O)Cc1ccc(C(F)(F)F)cc1)CC3. The van der Waals surface area contributed by atoms with Gasteiger partial charge < -0.3 is 14.6 Å². The van der Waals surface area contributed by atoms with Gasteiger partial charge in [0.2, 0.25) is 5.91 Å². The molecule has 5 nitrogen and oxygen atoms in total. The Morgan fingerprint density at radius 3 is 2.53 bits per heavy atom. The Hall–Kier alpha value is -3.29. The first-order valence-electron chi connectivity index (χ1n) is 9.42. The smallest absolute Gasteiger partial charge is 0.416 e. The maximum absolute atomic E-state index is 12.8. The monoisotopic (exact) mass is 416 g/mol. The highest BCUT2D eigenvalue weighted by Crippen LogP contribution is 2.30. The molecular weight excluding hydrogens is 397 g/mol. The van der Waals surface area contributed by atoms with E-state index in [2.05, 4.69) is 4.98 Å². The van der Waals surface area contributed by atoms with Gasteiger partial charge in [0.1, 0.15) is 0 Å². The number of amides is 1. The van der Waals surface area contributed by atoms with Crippen LogP contribution in [-0.4, -0.2) is 35.4 Å². The lowest BCUT2D eigenvalue weighted by atomic mass is 10.0. The topological polar surface area (TPSA) is 62.4 Å². The van der Waals surface area contributed by atoms with Crippen LogP contribution in [0.5, 0.6) is 0 Å². The van der Waals surface area contributed by atoms with E-state index in [-0.39, 0.29) is 12.3 Å². The van der Waals surface area contributed by atoms with Crippen LogP contribution in [0.4, 0.5) is 13.2 Å². The second kappa shape index (κ2) is 7.51. The predicted molar refractivity (Wildman–Crippen MR) is 104 cm³/mol. The Bertz CT molecular complexity index is 1120. The molecule has 1 aromatic heterocycles. The van der Waals surface area contributed by atoms with Crippen LogP contribution in [0.1, 0.15) is 32.7 Å². The van der Waals surface area contributed by atoms with E-state index in [0.717, 1.165) is 34.3 Å². The minimum atomic E-state index is -4.40. The fraction of sp³-hybridized carbons (Fsp3) is 0.273. The molecule has 8 heteroatoms. The standard InChI is InChI=1S/C22H19F3N2O3/c1-30-21(29)14-4-7-18-16(11-14)17-12-27(9-8-19(17)26-18)20(28)10-13-2-5-15(6-3-13)22(23,24)25/h2-7,11,26H,8-10,12H2,1H3. The maximum atomic E-state index is 12.8. The van der Waals surface area contributed by atoms with Crippen molar-refractivity contribution in [2.24, 2.45) is 0 Å². The van der Waals surface area contributed by atoms with Gasteiger partial charge in [-0.05, 0) is 35.9 Å². The highest BCUT2D eigenvalue weighted by molar-refractivity contribution is 5.96. The summed E-state index contributed by atoms with van der Waals surface area (Å²) in [5, 5.41) is 0.861. The molecule has 2 aromatic carbocycles. The summed E-state index contributed by atoms with van der Waals surface area (Å²) in [5.74, 6) is -0.586. The summed E-state index contributed by atoms with van der Waals surface area (Å²) < 4.78 is 42.9. The molecule has 0 unspecified atom stereocenters. The largest absolute Gasteiger partial charge is 0.465 e. The molecule has 30 heavy (non-hydrogen) atoms. The number of hydrogen-bond acceptors (Lipinski definition) is 3. The van der Waals surface area contributed by atoms with Crippen LogP contribution < -0.4 is 0 Å². The molecule has 1 N–H and O–H groups in total. The van der Waals surface area contributed by atoms with Crippen molar-refractivity contribution >= 4 is 22.8 Å². The van der Waals surface area contributed by atoms with Crippen LogP contribution in [0.15, 0.2) is 42.5 Å². The van der Waals surface area contributed by atoms with E-state index in [1.165, 1.54) is 19.2 Å². The maximum Gasteiger partial charge on any atom is 0.416 e. The predicted octanol–water partition coefficient (Wildman–Crippen LogP) is 4.10. The van der Waals surface area contributed by atoms with Crippen LogP contribution in [-0.2, 0) is 35.1 Å². The number of carbonyl (C=O) groups is 2. The van der Waals surface area contributed by atoms with Crippen molar-refractivity contribution in [3.8, 4) is 0 Å². The van der Waals surface area contributed by atoms with E-state index < -0.39 is 17.7 Å². The zero-order valence-electron chi connectivity index (χ0n) is 16.2. The number of ether oxygens (including phenoxy) is 1. The lowest BCUT2D eigenvalue weighted by Gasteiger charge is -2.27. The molecule has 0 spiro atoms. The lowest BCUT2D eigenvalue weighted by Crippen LogP contribution is -2.36. The molecule has 0 aliphatic carbocycles. The van der Waals surface area contributed by atoms with Crippen molar-refractivity contribution in [3.05, 3.63) is 70.4 Å². The van der Waals surface area contributed by atoms with E-state index in [0.29, 0.717) is 30.6 Å². The minimum Gasteiger partial charge on any atom is -0.465 e. The first-order chi connectivity index (χ1) is 14.3. The molecule has 0 radical (unpaired) electrons. The number of hydrogen-bond donors (Lipinski definition) is 1.